The highest BCUT2D eigenvalue weighted by molar-refractivity contribution is 5.26. The first kappa shape index (κ1) is 16.1. The maximum absolute atomic E-state index is 14.0. The number of likely N-dealkylation sites (N-methyl/N-ethyl adjacent to an activating group) is 1. The maximum atomic E-state index is 14.0. The van der Waals surface area contributed by atoms with Gasteiger partial charge in [0.05, 0.1) is 6.04 Å². The molecule has 0 saturated carbocycles. The number of nitrogens with zero attached hydrogens (tertiary/aromatic N) is 1. The normalized spacial score (nSPS) is 13.9. The third-order valence-electron chi connectivity index (χ3n) is 3.75. The molecule has 1 aromatic carbocycles. The molecule has 0 radical (unpaired) electrons. The average Bonchev–Trinajstić information content (AvgIpc) is 2.32. The van der Waals surface area contributed by atoms with Crippen LogP contribution in [0.25, 0.3) is 0 Å². The fourth-order valence-electron chi connectivity index (χ4n) is 2.04. The molecule has 0 aliphatic carbocycles. The van der Waals surface area contributed by atoms with E-state index in [-0.39, 0.29) is 5.56 Å². The maximum Gasteiger partial charge on any atom is 0.130 e. The predicted molar refractivity (Wildman–Crippen MR) is 75.2 cm³/mol. The van der Waals surface area contributed by atoms with Crippen molar-refractivity contribution in [3.63, 3.8) is 0 Å². The molecule has 0 amide bonds. The molecule has 1 unspecified atom stereocenters. The summed E-state index contributed by atoms with van der Waals surface area (Å²) >= 11 is 0. The molecule has 19 heavy (non-hydrogen) atoms. The van der Waals surface area contributed by atoms with Gasteiger partial charge in [-0.1, -0.05) is 13.0 Å². The second kappa shape index (κ2) is 6.44. The molecule has 1 N–H and O–H groups in total. The number of rotatable bonds is 6. The highest BCUT2D eigenvalue weighted by atomic mass is 19.1. The molecule has 1 atom stereocenters. The Balaban J connectivity index is 3.24. The van der Waals surface area contributed by atoms with E-state index in [1.165, 1.54) is 18.2 Å². The van der Waals surface area contributed by atoms with E-state index in [1.54, 1.807) is 0 Å². The van der Waals surface area contributed by atoms with Crippen LogP contribution in [0.15, 0.2) is 18.2 Å². The van der Waals surface area contributed by atoms with E-state index in [0.29, 0.717) is 0 Å². The Hall–Kier alpha value is -1.00. The number of nitrogens with one attached hydrogen (secondary N) is 1. The predicted octanol–water partition coefficient (Wildman–Crippen LogP) is 3.35. The quantitative estimate of drug-likeness (QED) is 0.853. The van der Waals surface area contributed by atoms with Crippen LogP contribution in [0, 0.1) is 11.6 Å². The lowest BCUT2D eigenvalue weighted by molar-refractivity contribution is 0.133. The molecule has 0 aliphatic rings. The summed E-state index contributed by atoms with van der Waals surface area (Å²) in [6.07, 6.45) is 0.913. The van der Waals surface area contributed by atoms with Gasteiger partial charge < -0.3 is 10.2 Å². The lowest BCUT2D eigenvalue weighted by Gasteiger charge is -2.41. The van der Waals surface area contributed by atoms with Crippen LogP contribution in [0.4, 0.5) is 8.78 Å². The smallest absolute Gasteiger partial charge is 0.130 e. The van der Waals surface area contributed by atoms with Crippen LogP contribution in [-0.4, -0.2) is 31.1 Å². The van der Waals surface area contributed by atoms with E-state index < -0.39 is 23.2 Å². The summed E-state index contributed by atoms with van der Waals surface area (Å²) in [5, 5.41) is 3.27. The van der Waals surface area contributed by atoms with Gasteiger partial charge in [0.2, 0.25) is 0 Å². The highest BCUT2D eigenvalue weighted by Gasteiger charge is 2.35. The van der Waals surface area contributed by atoms with Crippen LogP contribution in [0.2, 0.25) is 0 Å². The van der Waals surface area contributed by atoms with Crippen molar-refractivity contribution in [1.29, 1.82) is 0 Å². The van der Waals surface area contributed by atoms with Gasteiger partial charge in [0, 0.05) is 11.1 Å². The van der Waals surface area contributed by atoms with E-state index in [2.05, 4.69) is 5.32 Å². The molecule has 0 fully saturated rings. The molecule has 108 valence electrons. The van der Waals surface area contributed by atoms with Gasteiger partial charge in [-0.05, 0) is 53.0 Å². The third-order valence-corrected chi connectivity index (χ3v) is 3.75. The molecule has 2 nitrogen and oxygen atoms in total. The fraction of sp³-hybridized carbons (Fsp3) is 0.600. The largest absolute Gasteiger partial charge is 0.308 e. The van der Waals surface area contributed by atoms with Crippen molar-refractivity contribution in [2.75, 3.05) is 20.6 Å². The van der Waals surface area contributed by atoms with Crippen molar-refractivity contribution in [3.05, 3.63) is 35.4 Å². The first-order chi connectivity index (χ1) is 8.82. The van der Waals surface area contributed by atoms with Crippen LogP contribution in [0.1, 0.15) is 38.8 Å². The molecule has 1 aromatic rings. The molecular weight excluding hydrogens is 246 g/mol. The van der Waals surface area contributed by atoms with Crippen molar-refractivity contribution in [2.45, 2.75) is 38.8 Å². The second-order valence-electron chi connectivity index (χ2n) is 5.57. The zero-order valence-corrected chi connectivity index (χ0v) is 12.4. The Bertz CT molecular complexity index is 396. The van der Waals surface area contributed by atoms with E-state index in [1.807, 2.05) is 39.8 Å². The summed E-state index contributed by atoms with van der Waals surface area (Å²) in [4.78, 5) is 1.98. The third kappa shape index (κ3) is 3.51. The van der Waals surface area contributed by atoms with Crippen LogP contribution in [0.3, 0.4) is 0 Å². The minimum Gasteiger partial charge on any atom is -0.308 e. The summed E-state index contributed by atoms with van der Waals surface area (Å²) in [5.74, 6) is -0.993. The van der Waals surface area contributed by atoms with Gasteiger partial charge in [-0.2, -0.15) is 0 Å². The second-order valence-corrected chi connectivity index (χ2v) is 5.57. The van der Waals surface area contributed by atoms with Crippen molar-refractivity contribution in [2.24, 2.45) is 0 Å². The molecule has 0 aromatic heterocycles. The summed E-state index contributed by atoms with van der Waals surface area (Å²) in [7, 11) is 3.83. The Morgan fingerprint density at radius 2 is 1.74 bits per heavy atom. The topological polar surface area (TPSA) is 15.3 Å². The SMILES string of the molecule is CCCNC(c1c(F)cccc1F)C(C)(C)N(C)C. The zero-order chi connectivity index (χ0) is 14.6. The van der Waals surface area contributed by atoms with Crippen molar-refractivity contribution >= 4 is 0 Å². The summed E-state index contributed by atoms with van der Waals surface area (Å²) in [6.45, 7) is 6.71. The van der Waals surface area contributed by atoms with Gasteiger partial charge in [0.25, 0.3) is 0 Å². The van der Waals surface area contributed by atoms with E-state index in [4.69, 9.17) is 0 Å². The summed E-state index contributed by atoms with van der Waals surface area (Å²) in [5.41, 5.74) is -0.285. The number of hydrogen-bond donors (Lipinski definition) is 1. The minimum absolute atomic E-state index is 0.120. The van der Waals surface area contributed by atoms with Gasteiger partial charge in [-0.3, -0.25) is 0 Å². The van der Waals surface area contributed by atoms with Gasteiger partial charge in [-0.25, -0.2) is 8.78 Å². The molecule has 4 heteroatoms. The van der Waals surface area contributed by atoms with Gasteiger partial charge in [0.1, 0.15) is 11.6 Å². The Morgan fingerprint density at radius 3 is 2.16 bits per heavy atom. The molecule has 0 aliphatic heterocycles. The number of hydrogen-bond acceptors (Lipinski definition) is 2. The monoisotopic (exact) mass is 270 g/mol. The molecule has 0 saturated heterocycles. The van der Waals surface area contributed by atoms with Crippen molar-refractivity contribution < 1.29 is 8.78 Å². The minimum atomic E-state index is -0.497. The molecule has 0 spiro atoms. The van der Waals surface area contributed by atoms with E-state index >= 15 is 0 Å². The molecule has 1 rings (SSSR count). The van der Waals surface area contributed by atoms with Crippen molar-refractivity contribution in [3.8, 4) is 0 Å². The van der Waals surface area contributed by atoms with Gasteiger partial charge >= 0.3 is 0 Å². The van der Waals surface area contributed by atoms with Crippen LogP contribution in [0.5, 0.6) is 0 Å². The number of halogens is 2. The van der Waals surface area contributed by atoms with Crippen LogP contribution in [-0.2, 0) is 0 Å². The number of benzene rings is 1. The van der Waals surface area contributed by atoms with E-state index in [9.17, 15) is 8.78 Å². The molecule has 0 bridgehead atoms. The summed E-state index contributed by atoms with van der Waals surface area (Å²) < 4.78 is 28.0. The highest BCUT2D eigenvalue weighted by Crippen LogP contribution is 2.32. The average molecular weight is 270 g/mol. The van der Waals surface area contributed by atoms with Crippen LogP contribution < -0.4 is 5.32 Å². The lowest BCUT2D eigenvalue weighted by Crippen LogP contribution is -2.50. The van der Waals surface area contributed by atoms with E-state index in [0.717, 1.165) is 13.0 Å². The zero-order valence-electron chi connectivity index (χ0n) is 12.4. The first-order valence-corrected chi connectivity index (χ1v) is 6.67. The Labute approximate surface area is 114 Å². The summed E-state index contributed by atoms with van der Waals surface area (Å²) in [6, 6.07) is 3.62. The Morgan fingerprint density at radius 1 is 1.21 bits per heavy atom. The Kier molecular flexibility index (Phi) is 5.44. The first-order valence-electron chi connectivity index (χ1n) is 6.67. The fourth-order valence-corrected chi connectivity index (χ4v) is 2.04. The standard InChI is InChI=1S/C15H24F2N2/c1-6-10-18-14(15(2,3)19(4)5)13-11(16)8-7-9-12(13)17/h7-9,14,18H,6,10H2,1-5H3. The van der Waals surface area contributed by atoms with Gasteiger partial charge in [-0.15, -0.1) is 0 Å². The molecule has 0 heterocycles. The van der Waals surface area contributed by atoms with Crippen LogP contribution >= 0.6 is 0 Å². The molecular formula is C15H24F2N2. The van der Waals surface area contributed by atoms with Crippen molar-refractivity contribution in [1.82, 2.24) is 10.2 Å². The lowest BCUT2D eigenvalue weighted by atomic mass is 9.86. The van der Waals surface area contributed by atoms with Gasteiger partial charge in [0.15, 0.2) is 0 Å².